The second-order valence-corrected chi connectivity index (χ2v) is 9.86. The third-order valence-electron chi connectivity index (χ3n) is 6.11. The van der Waals surface area contributed by atoms with Crippen LogP contribution in [0.15, 0.2) is 64.6 Å². The molecule has 0 spiro atoms. The summed E-state index contributed by atoms with van der Waals surface area (Å²) in [7, 11) is 0. The first-order valence-electron chi connectivity index (χ1n) is 11.8. The van der Waals surface area contributed by atoms with Crippen LogP contribution in [0.5, 0.6) is 0 Å². The minimum atomic E-state index is -0.218. The summed E-state index contributed by atoms with van der Waals surface area (Å²) in [6, 6.07) is 8.59. The van der Waals surface area contributed by atoms with Crippen LogP contribution in [0.25, 0.3) is 0 Å². The van der Waals surface area contributed by atoms with Gasteiger partial charge in [-0.1, -0.05) is 45.1 Å². The molecule has 2 atom stereocenters. The van der Waals surface area contributed by atoms with Crippen molar-refractivity contribution < 1.29 is 4.74 Å². The van der Waals surface area contributed by atoms with E-state index >= 15 is 0 Å². The van der Waals surface area contributed by atoms with Gasteiger partial charge < -0.3 is 26.0 Å². The molecule has 0 saturated carbocycles. The van der Waals surface area contributed by atoms with Crippen LogP contribution in [0.2, 0.25) is 0 Å². The molecule has 2 aliphatic heterocycles. The summed E-state index contributed by atoms with van der Waals surface area (Å²) in [6.45, 7) is 10.9. The van der Waals surface area contributed by atoms with E-state index in [1.807, 2.05) is 6.21 Å². The first-order chi connectivity index (χ1) is 15.4. The van der Waals surface area contributed by atoms with Gasteiger partial charge in [0, 0.05) is 23.2 Å². The van der Waals surface area contributed by atoms with Gasteiger partial charge in [0.15, 0.2) is 6.29 Å². The Morgan fingerprint density at radius 3 is 2.69 bits per heavy atom. The number of anilines is 1. The number of rotatable bonds is 6. The summed E-state index contributed by atoms with van der Waals surface area (Å²) in [5, 5.41) is 13.9. The number of benzene rings is 1. The topological polar surface area (TPSA) is 69.7 Å². The number of piperidine rings is 1. The molecule has 0 aromatic heterocycles. The number of aliphatic imine (C=N–C) groups is 1. The molecule has 6 nitrogen and oxygen atoms in total. The largest absolute Gasteiger partial charge is 0.370 e. The number of hydrogen-bond donors (Lipinski definition) is 4. The van der Waals surface area contributed by atoms with Gasteiger partial charge in [0.2, 0.25) is 0 Å². The van der Waals surface area contributed by atoms with Gasteiger partial charge in [-0.15, -0.1) is 0 Å². The number of ether oxygens (including phenoxy) is 1. The molecular weight excluding hydrogens is 398 g/mol. The lowest BCUT2D eigenvalue weighted by atomic mass is 9.87. The highest BCUT2D eigenvalue weighted by Gasteiger charge is 2.20. The molecule has 1 aromatic carbocycles. The van der Waals surface area contributed by atoms with Crippen LogP contribution in [0.4, 0.5) is 5.69 Å². The Morgan fingerprint density at radius 1 is 1.16 bits per heavy atom. The maximum Gasteiger partial charge on any atom is 0.195 e. The molecule has 1 aromatic rings. The lowest BCUT2D eigenvalue weighted by molar-refractivity contribution is -0.00235. The molecule has 0 bridgehead atoms. The molecule has 2 heterocycles. The summed E-state index contributed by atoms with van der Waals surface area (Å²) in [4.78, 5) is 4.61. The van der Waals surface area contributed by atoms with E-state index in [0.29, 0.717) is 6.10 Å². The molecule has 0 radical (unpaired) electrons. The summed E-state index contributed by atoms with van der Waals surface area (Å²) in [5.41, 5.74) is 4.63. The average Bonchev–Trinajstić information content (AvgIpc) is 2.78. The fourth-order valence-corrected chi connectivity index (χ4v) is 4.10. The summed E-state index contributed by atoms with van der Waals surface area (Å²) in [5.74, 6) is 0.969. The van der Waals surface area contributed by atoms with Gasteiger partial charge in [-0.05, 0) is 68.5 Å². The predicted molar refractivity (Wildman–Crippen MR) is 133 cm³/mol. The standard InChI is InChI=1S/C26H37N5O/c1-18-17-28-25(31-24(18)29-21-7-5-6-19(16-21)26(2,3)4)30-20-8-10-22(11-9-20)32-23-12-14-27-15-13-23/h5-10,16-17,22-23,25,27,29-31H,11-15H2,1-4H3. The van der Waals surface area contributed by atoms with E-state index in [9.17, 15) is 0 Å². The van der Waals surface area contributed by atoms with Crippen molar-refractivity contribution in [2.45, 2.75) is 70.9 Å². The second kappa shape index (κ2) is 9.92. The normalized spacial score (nSPS) is 24.2. The zero-order chi connectivity index (χ0) is 22.6. The molecule has 4 N–H and O–H groups in total. The molecule has 1 fully saturated rings. The summed E-state index contributed by atoms with van der Waals surface area (Å²) >= 11 is 0. The van der Waals surface area contributed by atoms with Gasteiger partial charge in [-0.2, -0.15) is 0 Å². The summed E-state index contributed by atoms with van der Waals surface area (Å²) < 4.78 is 6.24. The van der Waals surface area contributed by atoms with Crippen molar-refractivity contribution in [3.8, 4) is 0 Å². The summed E-state index contributed by atoms with van der Waals surface area (Å²) in [6.07, 6.45) is 11.8. The molecule has 3 aliphatic rings. The van der Waals surface area contributed by atoms with E-state index in [-0.39, 0.29) is 17.8 Å². The van der Waals surface area contributed by atoms with E-state index in [2.05, 4.69) is 96.4 Å². The Hall–Kier alpha value is -2.57. The average molecular weight is 436 g/mol. The third-order valence-corrected chi connectivity index (χ3v) is 6.11. The molecule has 4 rings (SSSR count). The molecule has 32 heavy (non-hydrogen) atoms. The number of allylic oxidation sites excluding steroid dienone is 2. The van der Waals surface area contributed by atoms with Gasteiger partial charge in [-0.3, -0.25) is 0 Å². The second-order valence-electron chi connectivity index (χ2n) is 9.86. The van der Waals surface area contributed by atoms with Crippen molar-refractivity contribution in [1.29, 1.82) is 0 Å². The number of nitrogens with zero attached hydrogens (tertiary/aromatic N) is 1. The number of nitrogens with one attached hydrogen (secondary N) is 4. The fourth-order valence-electron chi connectivity index (χ4n) is 4.10. The van der Waals surface area contributed by atoms with Crippen molar-refractivity contribution in [2.24, 2.45) is 4.99 Å². The van der Waals surface area contributed by atoms with Crippen LogP contribution < -0.4 is 21.3 Å². The minimum absolute atomic E-state index is 0.113. The zero-order valence-corrected chi connectivity index (χ0v) is 19.7. The van der Waals surface area contributed by atoms with Crippen molar-refractivity contribution >= 4 is 11.9 Å². The zero-order valence-electron chi connectivity index (χ0n) is 19.7. The lowest BCUT2D eigenvalue weighted by Crippen LogP contribution is -2.44. The van der Waals surface area contributed by atoms with Crippen molar-refractivity contribution in [3.63, 3.8) is 0 Å². The highest BCUT2D eigenvalue weighted by atomic mass is 16.5. The fraction of sp³-hybridized carbons (Fsp3) is 0.500. The SMILES string of the molecule is CC1=C(Nc2cccc(C(C)(C)C)c2)NC(NC2=CCC(OC3CCNCC3)C=C2)N=C1. The van der Waals surface area contributed by atoms with Crippen LogP contribution in [0.1, 0.15) is 52.5 Å². The Balaban J connectivity index is 1.31. The Kier molecular flexibility index (Phi) is 7.01. The highest BCUT2D eigenvalue weighted by molar-refractivity contribution is 5.81. The van der Waals surface area contributed by atoms with Crippen LogP contribution in [0, 0.1) is 0 Å². The molecule has 6 heteroatoms. The van der Waals surface area contributed by atoms with Crippen LogP contribution in [0.3, 0.4) is 0 Å². The van der Waals surface area contributed by atoms with E-state index in [1.54, 1.807) is 0 Å². The Morgan fingerprint density at radius 2 is 1.97 bits per heavy atom. The van der Waals surface area contributed by atoms with Crippen LogP contribution in [-0.4, -0.2) is 37.8 Å². The monoisotopic (exact) mass is 435 g/mol. The molecule has 1 aliphatic carbocycles. The Bertz CT molecular complexity index is 918. The van der Waals surface area contributed by atoms with Crippen molar-refractivity contribution in [1.82, 2.24) is 16.0 Å². The van der Waals surface area contributed by atoms with Gasteiger partial charge in [0.25, 0.3) is 0 Å². The maximum absolute atomic E-state index is 6.24. The maximum atomic E-state index is 6.24. The van der Waals surface area contributed by atoms with Gasteiger partial charge in [-0.25, -0.2) is 4.99 Å². The van der Waals surface area contributed by atoms with Crippen LogP contribution in [-0.2, 0) is 10.2 Å². The molecule has 172 valence electrons. The predicted octanol–water partition coefficient (Wildman–Crippen LogP) is 4.16. The highest BCUT2D eigenvalue weighted by Crippen LogP contribution is 2.25. The van der Waals surface area contributed by atoms with E-state index < -0.39 is 0 Å². The van der Waals surface area contributed by atoms with E-state index in [1.165, 1.54) is 5.56 Å². The molecular formula is C26H37N5O. The molecule has 0 amide bonds. The quantitative estimate of drug-likeness (QED) is 0.540. The van der Waals surface area contributed by atoms with Gasteiger partial charge >= 0.3 is 0 Å². The minimum Gasteiger partial charge on any atom is -0.370 e. The first-order valence-corrected chi connectivity index (χ1v) is 11.8. The molecule has 2 unspecified atom stereocenters. The Labute approximate surface area is 192 Å². The van der Waals surface area contributed by atoms with Crippen molar-refractivity contribution in [3.05, 3.63) is 65.1 Å². The lowest BCUT2D eigenvalue weighted by Gasteiger charge is -2.29. The van der Waals surface area contributed by atoms with E-state index in [0.717, 1.165) is 55.1 Å². The van der Waals surface area contributed by atoms with E-state index in [4.69, 9.17) is 4.74 Å². The molecule has 1 saturated heterocycles. The van der Waals surface area contributed by atoms with Gasteiger partial charge in [0.05, 0.1) is 12.2 Å². The third kappa shape index (κ3) is 6.02. The van der Waals surface area contributed by atoms with Crippen LogP contribution >= 0.6 is 0 Å². The first kappa shape index (κ1) is 22.6. The van der Waals surface area contributed by atoms with Crippen molar-refractivity contribution in [2.75, 3.05) is 18.4 Å². The smallest absolute Gasteiger partial charge is 0.195 e. The number of hydrogen-bond acceptors (Lipinski definition) is 6. The van der Waals surface area contributed by atoms with Gasteiger partial charge in [0.1, 0.15) is 5.82 Å².